The zero-order chi connectivity index (χ0) is 13.5. The van der Waals surface area contributed by atoms with Crippen molar-refractivity contribution in [1.29, 1.82) is 0 Å². The van der Waals surface area contributed by atoms with Gasteiger partial charge in [0.25, 0.3) is 0 Å². The van der Waals surface area contributed by atoms with Crippen LogP contribution in [-0.4, -0.2) is 35.6 Å². The van der Waals surface area contributed by atoms with Crippen LogP contribution in [0.25, 0.3) is 0 Å². The molecule has 1 heterocycles. The van der Waals surface area contributed by atoms with Gasteiger partial charge in [0, 0.05) is 37.6 Å². The van der Waals surface area contributed by atoms with Crippen LogP contribution in [0.4, 0.5) is 0 Å². The lowest BCUT2D eigenvalue weighted by molar-refractivity contribution is 0.177. The Labute approximate surface area is 112 Å². The molecule has 0 bridgehead atoms. The summed E-state index contributed by atoms with van der Waals surface area (Å²) in [6, 6.07) is 5.22. The van der Waals surface area contributed by atoms with Crippen molar-refractivity contribution in [3.8, 4) is 0 Å². The Balaban J connectivity index is 2.57. The van der Waals surface area contributed by atoms with E-state index in [1.54, 1.807) is 0 Å². The van der Waals surface area contributed by atoms with Gasteiger partial charge in [0.2, 0.25) is 0 Å². The van der Waals surface area contributed by atoms with Crippen molar-refractivity contribution in [2.75, 3.05) is 13.6 Å². The molecule has 3 nitrogen and oxygen atoms in total. The van der Waals surface area contributed by atoms with Gasteiger partial charge >= 0.3 is 0 Å². The molecule has 3 heteroatoms. The van der Waals surface area contributed by atoms with Crippen LogP contribution in [0.1, 0.15) is 33.3 Å². The van der Waals surface area contributed by atoms with Gasteiger partial charge in [0.15, 0.2) is 0 Å². The summed E-state index contributed by atoms with van der Waals surface area (Å²) in [5, 5.41) is 3.54. The number of nitrogens with zero attached hydrogens (tertiary/aromatic N) is 2. The standard InChI is InChI=1S/C15H27N3/c1-12(2)15(10-17-13(3)4)18(5)11-14-7-6-8-16-9-14/h6-9,12-13,15,17H,10-11H2,1-5H3. The summed E-state index contributed by atoms with van der Waals surface area (Å²) in [6.45, 7) is 10.9. The minimum absolute atomic E-state index is 0.540. The molecule has 1 unspecified atom stereocenters. The average molecular weight is 249 g/mol. The average Bonchev–Trinajstić information content (AvgIpc) is 2.29. The van der Waals surface area contributed by atoms with Gasteiger partial charge in [-0.15, -0.1) is 0 Å². The molecule has 18 heavy (non-hydrogen) atoms. The van der Waals surface area contributed by atoms with Gasteiger partial charge in [-0.3, -0.25) is 9.88 Å². The van der Waals surface area contributed by atoms with Crippen LogP contribution in [0.15, 0.2) is 24.5 Å². The summed E-state index contributed by atoms with van der Waals surface area (Å²) in [4.78, 5) is 6.59. The molecule has 0 aliphatic rings. The number of rotatable bonds is 7. The first-order valence-electron chi connectivity index (χ1n) is 6.83. The second kappa shape index (κ2) is 7.49. The SMILES string of the molecule is CC(C)NCC(C(C)C)N(C)Cc1cccnc1. The maximum atomic E-state index is 4.17. The van der Waals surface area contributed by atoms with Crippen LogP contribution < -0.4 is 5.32 Å². The Morgan fingerprint density at radius 2 is 2.00 bits per heavy atom. The summed E-state index contributed by atoms with van der Waals surface area (Å²) in [6.07, 6.45) is 3.77. The van der Waals surface area contributed by atoms with E-state index < -0.39 is 0 Å². The molecule has 1 aromatic heterocycles. The van der Waals surface area contributed by atoms with E-state index in [0.717, 1.165) is 13.1 Å². The molecule has 1 atom stereocenters. The summed E-state index contributed by atoms with van der Waals surface area (Å²) in [7, 11) is 2.19. The van der Waals surface area contributed by atoms with E-state index in [-0.39, 0.29) is 0 Å². The van der Waals surface area contributed by atoms with E-state index in [1.807, 2.05) is 18.5 Å². The molecular formula is C15H27N3. The van der Waals surface area contributed by atoms with Crippen molar-refractivity contribution in [2.45, 2.75) is 46.3 Å². The molecule has 1 N–H and O–H groups in total. The Morgan fingerprint density at radius 3 is 2.50 bits per heavy atom. The largest absolute Gasteiger partial charge is 0.313 e. The van der Waals surface area contributed by atoms with Crippen molar-refractivity contribution in [3.05, 3.63) is 30.1 Å². The molecule has 0 amide bonds. The van der Waals surface area contributed by atoms with Crippen LogP contribution in [0.5, 0.6) is 0 Å². The Morgan fingerprint density at radius 1 is 1.28 bits per heavy atom. The van der Waals surface area contributed by atoms with Gasteiger partial charge in [-0.1, -0.05) is 33.8 Å². The molecule has 102 valence electrons. The van der Waals surface area contributed by atoms with Gasteiger partial charge in [-0.05, 0) is 24.6 Å². The lowest BCUT2D eigenvalue weighted by Gasteiger charge is -2.32. The highest BCUT2D eigenvalue weighted by atomic mass is 15.2. The van der Waals surface area contributed by atoms with Gasteiger partial charge in [0.1, 0.15) is 0 Å². The lowest BCUT2D eigenvalue weighted by atomic mass is 10.0. The first-order valence-corrected chi connectivity index (χ1v) is 6.83. The summed E-state index contributed by atoms with van der Waals surface area (Å²) in [5.74, 6) is 0.637. The van der Waals surface area contributed by atoms with Crippen molar-refractivity contribution in [3.63, 3.8) is 0 Å². The number of likely N-dealkylation sites (N-methyl/N-ethyl adjacent to an activating group) is 1. The number of nitrogens with one attached hydrogen (secondary N) is 1. The van der Waals surface area contributed by atoms with E-state index in [9.17, 15) is 0 Å². The third kappa shape index (κ3) is 5.15. The third-order valence-electron chi connectivity index (χ3n) is 3.23. The van der Waals surface area contributed by atoms with Gasteiger partial charge in [-0.2, -0.15) is 0 Å². The molecule has 0 fully saturated rings. The molecule has 0 saturated heterocycles. The first kappa shape index (κ1) is 15.1. The monoisotopic (exact) mass is 249 g/mol. The maximum absolute atomic E-state index is 4.17. The molecule has 0 aromatic carbocycles. The van der Waals surface area contributed by atoms with Crippen LogP contribution in [0.2, 0.25) is 0 Å². The highest BCUT2D eigenvalue weighted by Gasteiger charge is 2.18. The fourth-order valence-electron chi connectivity index (χ4n) is 2.15. The minimum atomic E-state index is 0.540. The number of hydrogen-bond acceptors (Lipinski definition) is 3. The molecule has 0 saturated carbocycles. The van der Waals surface area contributed by atoms with Gasteiger partial charge in [0.05, 0.1) is 0 Å². The van der Waals surface area contributed by atoms with Crippen molar-refractivity contribution in [2.24, 2.45) is 5.92 Å². The maximum Gasteiger partial charge on any atom is 0.0312 e. The van der Waals surface area contributed by atoms with Crippen LogP contribution >= 0.6 is 0 Å². The second-order valence-corrected chi connectivity index (χ2v) is 5.65. The Bertz CT molecular complexity index is 322. The number of aromatic nitrogens is 1. The smallest absolute Gasteiger partial charge is 0.0312 e. The topological polar surface area (TPSA) is 28.2 Å². The predicted molar refractivity (Wildman–Crippen MR) is 77.5 cm³/mol. The Hall–Kier alpha value is -0.930. The van der Waals surface area contributed by atoms with Crippen LogP contribution in [0, 0.1) is 5.92 Å². The number of pyridine rings is 1. The van der Waals surface area contributed by atoms with Gasteiger partial charge < -0.3 is 5.32 Å². The first-order chi connectivity index (χ1) is 8.50. The zero-order valence-electron chi connectivity index (χ0n) is 12.4. The van der Waals surface area contributed by atoms with E-state index in [1.165, 1.54) is 5.56 Å². The van der Waals surface area contributed by atoms with Crippen LogP contribution in [0.3, 0.4) is 0 Å². The molecule has 1 aromatic rings. The molecule has 0 aliphatic carbocycles. The number of hydrogen-bond donors (Lipinski definition) is 1. The van der Waals surface area contributed by atoms with E-state index in [2.05, 4.69) is 56.0 Å². The van der Waals surface area contributed by atoms with Crippen molar-refractivity contribution in [1.82, 2.24) is 15.2 Å². The predicted octanol–water partition coefficient (Wildman–Crippen LogP) is 2.54. The summed E-state index contributed by atoms with van der Waals surface area (Å²) < 4.78 is 0. The van der Waals surface area contributed by atoms with Gasteiger partial charge in [-0.25, -0.2) is 0 Å². The van der Waals surface area contributed by atoms with Crippen molar-refractivity contribution >= 4 is 0 Å². The van der Waals surface area contributed by atoms with E-state index in [4.69, 9.17) is 0 Å². The quantitative estimate of drug-likeness (QED) is 0.805. The molecule has 0 spiro atoms. The summed E-state index contributed by atoms with van der Waals surface area (Å²) in [5.41, 5.74) is 1.27. The Kier molecular flexibility index (Phi) is 6.30. The molecular weight excluding hydrogens is 222 g/mol. The molecule has 0 aliphatic heterocycles. The highest BCUT2D eigenvalue weighted by molar-refractivity contribution is 5.08. The second-order valence-electron chi connectivity index (χ2n) is 5.65. The third-order valence-corrected chi connectivity index (χ3v) is 3.23. The fraction of sp³-hybridized carbons (Fsp3) is 0.667. The van der Waals surface area contributed by atoms with E-state index >= 15 is 0 Å². The van der Waals surface area contributed by atoms with Crippen LogP contribution in [-0.2, 0) is 6.54 Å². The van der Waals surface area contributed by atoms with E-state index in [0.29, 0.717) is 18.0 Å². The fourth-order valence-corrected chi connectivity index (χ4v) is 2.15. The highest BCUT2D eigenvalue weighted by Crippen LogP contribution is 2.12. The lowest BCUT2D eigenvalue weighted by Crippen LogP contribution is -2.44. The van der Waals surface area contributed by atoms with Crippen molar-refractivity contribution < 1.29 is 0 Å². The normalized spacial score (nSPS) is 13.6. The minimum Gasteiger partial charge on any atom is -0.313 e. The molecule has 1 rings (SSSR count). The molecule has 0 radical (unpaired) electrons. The summed E-state index contributed by atoms with van der Waals surface area (Å²) >= 11 is 0. The zero-order valence-corrected chi connectivity index (χ0v) is 12.4.